The second-order valence-corrected chi connectivity index (χ2v) is 3.97. The lowest BCUT2D eigenvalue weighted by Crippen LogP contribution is -2.22. The minimum atomic E-state index is -3.40. The monoisotopic (exact) mass is 296 g/mol. The van der Waals surface area contributed by atoms with E-state index >= 15 is 0 Å². The molecule has 0 aliphatic carbocycles. The van der Waals surface area contributed by atoms with Crippen LogP contribution in [0, 0.1) is 5.82 Å². The molecule has 16 heavy (non-hydrogen) atoms. The zero-order chi connectivity index (χ0) is 12.3. The van der Waals surface area contributed by atoms with Crippen LogP contribution in [0.4, 0.5) is 13.2 Å². The highest BCUT2D eigenvalue weighted by molar-refractivity contribution is 9.10. The number of halogens is 4. The Kier molecular flexibility index (Phi) is 3.96. The van der Waals surface area contributed by atoms with Crippen molar-refractivity contribution in [2.75, 3.05) is 6.61 Å². The molecule has 0 radical (unpaired) electrons. The predicted octanol–water partition coefficient (Wildman–Crippen LogP) is 3.24. The first-order valence-corrected chi connectivity index (χ1v) is 5.09. The summed E-state index contributed by atoms with van der Waals surface area (Å²) >= 11 is 2.85. The molecule has 0 spiro atoms. The van der Waals surface area contributed by atoms with Crippen molar-refractivity contribution in [2.24, 2.45) is 0 Å². The first-order chi connectivity index (χ1) is 7.33. The smallest absolute Gasteiger partial charge is 0.306 e. The molecule has 0 N–H and O–H groups in total. The molecule has 0 aromatic heterocycles. The van der Waals surface area contributed by atoms with E-state index in [1.165, 1.54) is 6.07 Å². The fraction of sp³-hybridized carbons (Fsp3) is 0.300. The molecule has 0 heterocycles. The minimum Gasteiger partial charge on any atom is -0.459 e. The standard InChI is InChI=1S/C10H8BrF3O2/c1-6(15)16-5-10(13,14)7-2-3-8(11)9(12)4-7/h2-4H,5H2,1H3. The van der Waals surface area contributed by atoms with E-state index < -0.39 is 29.9 Å². The fourth-order valence-electron chi connectivity index (χ4n) is 0.999. The Morgan fingerprint density at radius 2 is 2.12 bits per heavy atom. The van der Waals surface area contributed by atoms with Crippen LogP contribution in [0.2, 0.25) is 0 Å². The van der Waals surface area contributed by atoms with Crippen LogP contribution in [-0.4, -0.2) is 12.6 Å². The van der Waals surface area contributed by atoms with Crippen molar-refractivity contribution in [3.05, 3.63) is 34.1 Å². The van der Waals surface area contributed by atoms with E-state index in [-0.39, 0.29) is 4.47 Å². The average Bonchev–Trinajstić information content (AvgIpc) is 2.19. The molecule has 2 nitrogen and oxygen atoms in total. The van der Waals surface area contributed by atoms with Crippen molar-refractivity contribution in [1.29, 1.82) is 0 Å². The third-order valence-corrected chi connectivity index (χ3v) is 2.44. The van der Waals surface area contributed by atoms with Gasteiger partial charge in [0.05, 0.1) is 4.47 Å². The summed E-state index contributed by atoms with van der Waals surface area (Å²) in [7, 11) is 0. The van der Waals surface area contributed by atoms with Crippen LogP contribution in [0.1, 0.15) is 12.5 Å². The van der Waals surface area contributed by atoms with E-state index in [9.17, 15) is 18.0 Å². The van der Waals surface area contributed by atoms with Crippen LogP contribution in [0.5, 0.6) is 0 Å². The lowest BCUT2D eigenvalue weighted by atomic mass is 10.1. The summed E-state index contributed by atoms with van der Waals surface area (Å²) in [5.41, 5.74) is -0.533. The Labute approximate surface area is 98.5 Å². The zero-order valence-corrected chi connectivity index (χ0v) is 9.85. The Bertz CT molecular complexity index is 407. The molecule has 0 fully saturated rings. The SMILES string of the molecule is CC(=O)OCC(F)(F)c1ccc(Br)c(F)c1. The van der Waals surface area contributed by atoms with Crippen molar-refractivity contribution in [3.63, 3.8) is 0 Å². The number of rotatable bonds is 3. The van der Waals surface area contributed by atoms with E-state index in [1.807, 2.05) is 0 Å². The Hall–Kier alpha value is -1.04. The molecule has 0 bridgehead atoms. The normalized spacial score (nSPS) is 11.3. The topological polar surface area (TPSA) is 26.3 Å². The van der Waals surface area contributed by atoms with Gasteiger partial charge in [-0.3, -0.25) is 4.79 Å². The van der Waals surface area contributed by atoms with E-state index in [4.69, 9.17) is 0 Å². The van der Waals surface area contributed by atoms with Gasteiger partial charge in [-0.1, -0.05) is 6.07 Å². The molecular formula is C10H8BrF3O2. The van der Waals surface area contributed by atoms with Gasteiger partial charge in [0.15, 0.2) is 6.61 Å². The largest absolute Gasteiger partial charge is 0.459 e. The molecule has 0 saturated carbocycles. The number of carbonyl (C=O) groups excluding carboxylic acids is 1. The lowest BCUT2D eigenvalue weighted by Gasteiger charge is -2.16. The molecule has 1 aromatic carbocycles. The molecule has 1 aromatic rings. The average molecular weight is 297 g/mol. The lowest BCUT2D eigenvalue weighted by molar-refractivity contribution is -0.153. The maximum absolute atomic E-state index is 13.4. The van der Waals surface area contributed by atoms with Gasteiger partial charge in [0.2, 0.25) is 0 Å². The Balaban J connectivity index is 2.88. The highest BCUT2D eigenvalue weighted by atomic mass is 79.9. The van der Waals surface area contributed by atoms with Gasteiger partial charge in [-0.05, 0) is 28.1 Å². The van der Waals surface area contributed by atoms with Crippen LogP contribution in [0.3, 0.4) is 0 Å². The van der Waals surface area contributed by atoms with E-state index in [0.29, 0.717) is 6.07 Å². The molecule has 88 valence electrons. The number of ether oxygens (including phenoxy) is 1. The van der Waals surface area contributed by atoms with Crippen LogP contribution < -0.4 is 0 Å². The maximum Gasteiger partial charge on any atom is 0.306 e. The molecule has 0 unspecified atom stereocenters. The van der Waals surface area contributed by atoms with Gasteiger partial charge in [0.1, 0.15) is 5.82 Å². The van der Waals surface area contributed by atoms with Crippen molar-refractivity contribution in [1.82, 2.24) is 0 Å². The minimum absolute atomic E-state index is 0.0968. The van der Waals surface area contributed by atoms with Gasteiger partial charge in [-0.2, -0.15) is 8.78 Å². The van der Waals surface area contributed by atoms with Crippen LogP contribution in [0.15, 0.2) is 22.7 Å². The van der Waals surface area contributed by atoms with Crippen molar-refractivity contribution >= 4 is 21.9 Å². The Morgan fingerprint density at radius 1 is 1.50 bits per heavy atom. The zero-order valence-electron chi connectivity index (χ0n) is 8.27. The summed E-state index contributed by atoms with van der Waals surface area (Å²) in [6.07, 6.45) is 0. The quantitative estimate of drug-likeness (QED) is 0.801. The van der Waals surface area contributed by atoms with Crippen LogP contribution in [-0.2, 0) is 15.5 Å². The van der Waals surface area contributed by atoms with E-state index in [0.717, 1.165) is 13.0 Å². The van der Waals surface area contributed by atoms with E-state index in [1.54, 1.807) is 0 Å². The molecule has 1 rings (SSSR count). The molecule has 0 aliphatic heterocycles. The third-order valence-electron chi connectivity index (χ3n) is 1.80. The second kappa shape index (κ2) is 4.86. The summed E-state index contributed by atoms with van der Waals surface area (Å²) in [6, 6.07) is 2.94. The molecule has 0 saturated heterocycles. The molecule has 6 heteroatoms. The van der Waals surface area contributed by atoms with Gasteiger partial charge in [0, 0.05) is 12.5 Å². The number of hydrogen-bond donors (Lipinski definition) is 0. The third kappa shape index (κ3) is 3.23. The number of esters is 1. The molecular weight excluding hydrogens is 289 g/mol. The summed E-state index contributed by atoms with van der Waals surface area (Å²) in [6.45, 7) is -0.0678. The number of hydrogen-bond acceptors (Lipinski definition) is 2. The van der Waals surface area contributed by atoms with Gasteiger partial charge < -0.3 is 4.74 Å². The number of alkyl halides is 2. The number of carbonyl (C=O) groups is 1. The summed E-state index contributed by atoms with van der Waals surface area (Å²) in [5.74, 6) is -5.00. The molecule has 0 amide bonds. The first kappa shape index (κ1) is 13.0. The summed E-state index contributed by atoms with van der Waals surface area (Å²) < 4.78 is 44.1. The summed E-state index contributed by atoms with van der Waals surface area (Å²) in [4.78, 5) is 10.4. The maximum atomic E-state index is 13.4. The summed E-state index contributed by atoms with van der Waals surface area (Å²) in [5, 5.41) is 0. The van der Waals surface area contributed by atoms with Crippen molar-refractivity contribution in [2.45, 2.75) is 12.8 Å². The number of benzene rings is 1. The van der Waals surface area contributed by atoms with Gasteiger partial charge in [0.25, 0.3) is 0 Å². The first-order valence-electron chi connectivity index (χ1n) is 4.29. The van der Waals surface area contributed by atoms with Crippen LogP contribution >= 0.6 is 15.9 Å². The van der Waals surface area contributed by atoms with Gasteiger partial charge >= 0.3 is 11.9 Å². The predicted molar refractivity (Wildman–Crippen MR) is 54.6 cm³/mol. The second-order valence-electron chi connectivity index (χ2n) is 3.11. The van der Waals surface area contributed by atoms with E-state index in [2.05, 4.69) is 20.7 Å². The highest BCUT2D eigenvalue weighted by Crippen LogP contribution is 2.30. The fourth-order valence-corrected chi connectivity index (χ4v) is 1.25. The highest BCUT2D eigenvalue weighted by Gasteiger charge is 2.33. The Morgan fingerprint density at radius 3 is 2.62 bits per heavy atom. The van der Waals surface area contributed by atoms with Crippen LogP contribution in [0.25, 0.3) is 0 Å². The molecule has 0 atom stereocenters. The van der Waals surface area contributed by atoms with Gasteiger partial charge in [-0.15, -0.1) is 0 Å². The van der Waals surface area contributed by atoms with Crippen molar-refractivity contribution in [3.8, 4) is 0 Å². The van der Waals surface area contributed by atoms with Gasteiger partial charge in [-0.25, -0.2) is 4.39 Å². The van der Waals surface area contributed by atoms with Crippen molar-refractivity contribution < 1.29 is 22.7 Å². The molecule has 0 aliphatic rings.